The molecule has 0 aliphatic rings. The van der Waals surface area contributed by atoms with Gasteiger partial charge in [0, 0.05) is 28.8 Å². The van der Waals surface area contributed by atoms with Crippen molar-refractivity contribution >= 4 is 27.9 Å². The van der Waals surface area contributed by atoms with Crippen LogP contribution in [0.4, 0.5) is 4.39 Å². The molecule has 3 aromatic carbocycles. The second kappa shape index (κ2) is 7.39. The molecule has 0 radical (unpaired) electrons. The molecule has 5 rings (SSSR count). The summed E-state index contributed by atoms with van der Waals surface area (Å²) in [6, 6.07) is 16.9. The van der Waals surface area contributed by atoms with E-state index in [9.17, 15) is 24.2 Å². The van der Waals surface area contributed by atoms with Crippen molar-refractivity contribution in [2.24, 2.45) is 0 Å². The molecule has 0 aliphatic heterocycles. The van der Waals surface area contributed by atoms with Crippen LogP contribution in [0.25, 0.3) is 44.6 Å². The summed E-state index contributed by atoms with van der Waals surface area (Å²) < 4.78 is 25.4. The SMILES string of the molecule is O=C(O)Cc1c(-c2ccc(F)cc2)oc2cc(O)c3c(=O)cc(-c4ccccc4)oc3c12. The number of phenols is 1. The van der Waals surface area contributed by atoms with E-state index >= 15 is 0 Å². The van der Waals surface area contributed by atoms with Crippen LogP contribution >= 0.6 is 0 Å². The van der Waals surface area contributed by atoms with Crippen LogP contribution in [0.15, 0.2) is 80.4 Å². The van der Waals surface area contributed by atoms with Crippen molar-refractivity contribution in [1.29, 1.82) is 0 Å². The van der Waals surface area contributed by atoms with Crippen LogP contribution in [-0.4, -0.2) is 16.2 Å². The lowest BCUT2D eigenvalue weighted by Gasteiger charge is -2.06. The van der Waals surface area contributed by atoms with Crippen molar-refractivity contribution in [3.8, 4) is 28.4 Å². The maximum Gasteiger partial charge on any atom is 0.307 e. The summed E-state index contributed by atoms with van der Waals surface area (Å²) in [5.41, 5.74) is 1.06. The third kappa shape index (κ3) is 3.20. The molecule has 0 aliphatic carbocycles. The number of carboxylic acid groups (broad SMARTS) is 1. The van der Waals surface area contributed by atoms with E-state index < -0.39 is 23.6 Å². The fraction of sp³-hybridized carbons (Fsp3) is 0.0400. The molecule has 0 bridgehead atoms. The van der Waals surface area contributed by atoms with E-state index in [0.29, 0.717) is 11.1 Å². The van der Waals surface area contributed by atoms with E-state index in [1.54, 1.807) is 24.3 Å². The minimum atomic E-state index is -1.13. The molecular weight excluding hydrogens is 415 g/mol. The molecule has 0 atom stereocenters. The Morgan fingerprint density at radius 2 is 1.62 bits per heavy atom. The first-order chi connectivity index (χ1) is 15.4. The maximum atomic E-state index is 13.4. The summed E-state index contributed by atoms with van der Waals surface area (Å²) in [6.45, 7) is 0. The number of furan rings is 1. The van der Waals surface area contributed by atoms with E-state index in [0.717, 1.165) is 0 Å². The minimum Gasteiger partial charge on any atom is -0.507 e. The van der Waals surface area contributed by atoms with Gasteiger partial charge in [-0.15, -0.1) is 0 Å². The number of fused-ring (bicyclic) bond motifs is 3. The summed E-state index contributed by atoms with van der Waals surface area (Å²) in [6.07, 6.45) is -0.432. The highest BCUT2D eigenvalue weighted by Gasteiger charge is 2.24. The predicted octanol–water partition coefficient (Wildman–Crippen LogP) is 5.35. The van der Waals surface area contributed by atoms with E-state index in [-0.39, 0.29) is 44.8 Å². The maximum absolute atomic E-state index is 13.4. The first kappa shape index (κ1) is 19.6. The number of aromatic hydroxyl groups is 1. The van der Waals surface area contributed by atoms with Crippen molar-refractivity contribution in [2.45, 2.75) is 6.42 Å². The van der Waals surface area contributed by atoms with Gasteiger partial charge < -0.3 is 19.0 Å². The van der Waals surface area contributed by atoms with Gasteiger partial charge >= 0.3 is 5.97 Å². The lowest BCUT2D eigenvalue weighted by Crippen LogP contribution is -2.03. The molecule has 158 valence electrons. The summed E-state index contributed by atoms with van der Waals surface area (Å²) in [4.78, 5) is 24.5. The molecule has 0 amide bonds. The summed E-state index contributed by atoms with van der Waals surface area (Å²) in [5.74, 6) is -1.46. The van der Waals surface area contributed by atoms with Gasteiger partial charge in [0.25, 0.3) is 0 Å². The van der Waals surface area contributed by atoms with Gasteiger partial charge in [-0.3, -0.25) is 9.59 Å². The Morgan fingerprint density at radius 3 is 2.31 bits per heavy atom. The fourth-order valence-electron chi connectivity index (χ4n) is 3.84. The fourth-order valence-corrected chi connectivity index (χ4v) is 3.84. The standard InChI is InChI=1S/C25H15FO6/c26-15-8-6-14(7-9-15)24-16(10-21(29)30)22-20(32-24)12-18(28)23-17(27)11-19(31-25(22)23)13-4-2-1-3-5-13/h1-9,11-12,28H,10H2,(H,29,30). The van der Waals surface area contributed by atoms with Gasteiger partial charge in [0.15, 0.2) is 11.0 Å². The van der Waals surface area contributed by atoms with Crippen LogP contribution in [-0.2, 0) is 11.2 Å². The first-order valence-corrected chi connectivity index (χ1v) is 9.70. The number of halogens is 1. The van der Waals surface area contributed by atoms with Crippen LogP contribution < -0.4 is 5.43 Å². The van der Waals surface area contributed by atoms with Gasteiger partial charge in [-0.25, -0.2) is 4.39 Å². The minimum absolute atomic E-state index is 0.0275. The quantitative estimate of drug-likeness (QED) is 0.399. The van der Waals surface area contributed by atoms with Crippen molar-refractivity contribution in [3.63, 3.8) is 0 Å². The molecule has 0 saturated heterocycles. The Morgan fingerprint density at radius 1 is 0.906 bits per heavy atom. The first-order valence-electron chi connectivity index (χ1n) is 9.70. The normalized spacial score (nSPS) is 11.3. The van der Waals surface area contributed by atoms with Gasteiger partial charge in [0.1, 0.15) is 34.1 Å². The zero-order valence-electron chi connectivity index (χ0n) is 16.5. The van der Waals surface area contributed by atoms with Crippen molar-refractivity contribution in [1.82, 2.24) is 0 Å². The highest BCUT2D eigenvalue weighted by Crippen LogP contribution is 2.41. The van der Waals surface area contributed by atoms with Crippen LogP contribution in [0.3, 0.4) is 0 Å². The third-order valence-electron chi connectivity index (χ3n) is 5.23. The van der Waals surface area contributed by atoms with E-state index in [1.165, 1.54) is 36.4 Å². The summed E-state index contributed by atoms with van der Waals surface area (Å²) >= 11 is 0. The topological polar surface area (TPSA) is 101 Å². The number of hydrogen-bond donors (Lipinski definition) is 2. The highest BCUT2D eigenvalue weighted by molar-refractivity contribution is 6.10. The van der Waals surface area contributed by atoms with Crippen molar-refractivity contribution < 1.29 is 28.2 Å². The Kier molecular flexibility index (Phi) is 4.52. The van der Waals surface area contributed by atoms with E-state index in [4.69, 9.17) is 8.83 Å². The second-order valence-electron chi connectivity index (χ2n) is 7.30. The lowest BCUT2D eigenvalue weighted by molar-refractivity contribution is -0.136. The molecule has 2 aromatic heterocycles. The van der Waals surface area contributed by atoms with Crippen LogP contribution in [0.5, 0.6) is 5.75 Å². The molecule has 2 N–H and O–H groups in total. The van der Waals surface area contributed by atoms with Gasteiger partial charge in [-0.05, 0) is 24.3 Å². The Balaban J connectivity index is 1.90. The van der Waals surface area contributed by atoms with Crippen LogP contribution in [0.1, 0.15) is 5.56 Å². The molecule has 6 nitrogen and oxygen atoms in total. The molecular formula is C25H15FO6. The third-order valence-corrected chi connectivity index (χ3v) is 5.23. The van der Waals surface area contributed by atoms with Crippen LogP contribution in [0, 0.1) is 5.82 Å². The summed E-state index contributed by atoms with van der Waals surface area (Å²) in [7, 11) is 0. The number of carbonyl (C=O) groups is 1. The van der Waals surface area contributed by atoms with E-state index in [2.05, 4.69) is 0 Å². The number of benzene rings is 3. The van der Waals surface area contributed by atoms with Gasteiger partial charge in [-0.2, -0.15) is 0 Å². The largest absolute Gasteiger partial charge is 0.507 e. The number of hydrogen-bond acceptors (Lipinski definition) is 5. The molecule has 2 heterocycles. The Bertz CT molecular complexity index is 1550. The molecule has 0 saturated carbocycles. The predicted molar refractivity (Wildman–Crippen MR) is 116 cm³/mol. The lowest BCUT2D eigenvalue weighted by atomic mass is 10.0. The van der Waals surface area contributed by atoms with Gasteiger partial charge in [0.05, 0.1) is 11.8 Å². The zero-order chi connectivity index (χ0) is 22.4. The van der Waals surface area contributed by atoms with Crippen LogP contribution in [0.2, 0.25) is 0 Å². The number of aliphatic carboxylic acids is 1. The monoisotopic (exact) mass is 430 g/mol. The summed E-state index contributed by atoms with van der Waals surface area (Å²) in [5, 5.41) is 20.2. The molecule has 0 unspecified atom stereocenters. The molecule has 5 aromatic rings. The Labute approximate surface area is 179 Å². The van der Waals surface area contributed by atoms with Crippen molar-refractivity contribution in [2.75, 3.05) is 0 Å². The zero-order valence-corrected chi connectivity index (χ0v) is 16.5. The second-order valence-corrected chi connectivity index (χ2v) is 7.30. The van der Waals surface area contributed by atoms with Crippen molar-refractivity contribution in [3.05, 3.63) is 88.3 Å². The number of carboxylic acids is 1. The Hall–Kier alpha value is -4.39. The molecule has 7 heteroatoms. The highest BCUT2D eigenvalue weighted by atomic mass is 19.1. The number of phenolic OH excluding ortho intramolecular Hbond substituents is 1. The number of rotatable bonds is 4. The van der Waals surface area contributed by atoms with Gasteiger partial charge in [-0.1, -0.05) is 30.3 Å². The molecule has 0 fully saturated rings. The average Bonchev–Trinajstić information content (AvgIpc) is 3.12. The van der Waals surface area contributed by atoms with E-state index in [1.807, 2.05) is 6.07 Å². The average molecular weight is 430 g/mol. The molecule has 32 heavy (non-hydrogen) atoms. The van der Waals surface area contributed by atoms with Gasteiger partial charge in [0.2, 0.25) is 0 Å². The molecule has 0 spiro atoms. The smallest absolute Gasteiger partial charge is 0.307 e.